The predicted octanol–water partition coefficient (Wildman–Crippen LogP) is 3.15. The van der Waals surface area contributed by atoms with Crippen LogP contribution in [0.25, 0.3) is 0 Å². The Morgan fingerprint density at radius 3 is 2.38 bits per heavy atom. The highest BCUT2D eigenvalue weighted by molar-refractivity contribution is 5.78. The fourth-order valence-corrected chi connectivity index (χ4v) is 3.27. The molecule has 0 atom stereocenters. The molecule has 2 aromatic rings. The van der Waals surface area contributed by atoms with Crippen molar-refractivity contribution in [1.29, 1.82) is 0 Å². The maximum Gasteiger partial charge on any atom is 0.416 e. The SMILES string of the molecule is COc1ccc(N2CCN(CC(=O)NCc3cccc(C(F)(F)F)c3)CC2)cc1. The molecular weight excluding hydrogens is 383 g/mol. The summed E-state index contributed by atoms with van der Waals surface area (Å²) in [6.45, 7) is 3.39. The summed E-state index contributed by atoms with van der Waals surface area (Å²) in [6, 6.07) is 12.9. The minimum absolute atomic E-state index is 0.0779. The molecule has 0 aromatic heterocycles. The number of benzene rings is 2. The third-order valence-electron chi connectivity index (χ3n) is 4.92. The van der Waals surface area contributed by atoms with Crippen molar-refractivity contribution in [2.75, 3.05) is 44.7 Å². The van der Waals surface area contributed by atoms with E-state index >= 15 is 0 Å². The van der Waals surface area contributed by atoms with Crippen molar-refractivity contribution in [3.8, 4) is 5.75 Å². The summed E-state index contributed by atoms with van der Waals surface area (Å²) >= 11 is 0. The Kier molecular flexibility index (Phi) is 6.64. The molecule has 2 aromatic carbocycles. The van der Waals surface area contributed by atoms with Crippen LogP contribution in [0.4, 0.5) is 18.9 Å². The first-order valence-corrected chi connectivity index (χ1v) is 9.39. The first-order chi connectivity index (χ1) is 13.8. The topological polar surface area (TPSA) is 44.8 Å². The zero-order valence-corrected chi connectivity index (χ0v) is 16.2. The molecule has 1 heterocycles. The Morgan fingerprint density at radius 2 is 1.76 bits per heavy atom. The third-order valence-corrected chi connectivity index (χ3v) is 4.92. The van der Waals surface area contributed by atoms with Crippen molar-refractivity contribution in [2.45, 2.75) is 12.7 Å². The first kappa shape index (κ1) is 21.0. The Labute approximate surface area is 168 Å². The maximum atomic E-state index is 12.8. The van der Waals surface area contributed by atoms with Crippen LogP contribution < -0.4 is 15.0 Å². The zero-order chi connectivity index (χ0) is 20.9. The smallest absolute Gasteiger partial charge is 0.416 e. The van der Waals surface area contributed by atoms with E-state index < -0.39 is 11.7 Å². The van der Waals surface area contributed by atoms with Gasteiger partial charge in [-0.1, -0.05) is 12.1 Å². The fraction of sp³-hybridized carbons (Fsp3) is 0.381. The molecule has 5 nitrogen and oxygen atoms in total. The number of hydrogen-bond donors (Lipinski definition) is 1. The molecule has 156 valence electrons. The summed E-state index contributed by atoms with van der Waals surface area (Å²) in [4.78, 5) is 16.5. The second-order valence-corrected chi connectivity index (χ2v) is 6.94. The van der Waals surface area contributed by atoms with Gasteiger partial charge in [0.2, 0.25) is 5.91 Å². The summed E-state index contributed by atoms with van der Waals surface area (Å²) in [5.74, 6) is 0.616. The number of amides is 1. The zero-order valence-electron chi connectivity index (χ0n) is 16.2. The van der Waals surface area contributed by atoms with E-state index in [9.17, 15) is 18.0 Å². The Bertz CT molecular complexity index is 817. The maximum absolute atomic E-state index is 12.8. The lowest BCUT2D eigenvalue weighted by molar-refractivity contribution is -0.137. The molecule has 0 radical (unpaired) electrons. The van der Waals surface area contributed by atoms with Gasteiger partial charge >= 0.3 is 6.18 Å². The van der Waals surface area contributed by atoms with Crippen LogP contribution in [0.5, 0.6) is 5.75 Å². The van der Waals surface area contributed by atoms with Crippen LogP contribution in [0.3, 0.4) is 0 Å². The molecule has 1 N–H and O–H groups in total. The van der Waals surface area contributed by atoms with E-state index in [0.717, 1.165) is 49.7 Å². The van der Waals surface area contributed by atoms with E-state index in [2.05, 4.69) is 10.2 Å². The number of ether oxygens (including phenoxy) is 1. The molecule has 0 saturated carbocycles. The number of piperazine rings is 1. The standard InChI is InChI=1S/C21H24F3N3O2/c1-29-19-7-5-18(6-8-19)27-11-9-26(10-12-27)15-20(28)25-14-16-3-2-4-17(13-16)21(22,23)24/h2-8,13H,9-12,14-15H2,1H3,(H,25,28). The minimum Gasteiger partial charge on any atom is -0.497 e. The van der Waals surface area contributed by atoms with Gasteiger partial charge in [-0.3, -0.25) is 9.69 Å². The highest BCUT2D eigenvalue weighted by Crippen LogP contribution is 2.29. The number of alkyl halides is 3. The normalized spacial score (nSPS) is 15.2. The van der Waals surface area contributed by atoms with Gasteiger partial charge in [0.15, 0.2) is 0 Å². The van der Waals surface area contributed by atoms with E-state index in [-0.39, 0.29) is 19.0 Å². The van der Waals surface area contributed by atoms with Crippen molar-refractivity contribution in [3.05, 3.63) is 59.7 Å². The number of nitrogens with one attached hydrogen (secondary N) is 1. The average Bonchev–Trinajstić information content (AvgIpc) is 2.72. The monoisotopic (exact) mass is 407 g/mol. The quantitative estimate of drug-likeness (QED) is 0.799. The van der Waals surface area contributed by atoms with Gasteiger partial charge in [-0.2, -0.15) is 13.2 Å². The second-order valence-electron chi connectivity index (χ2n) is 6.94. The number of carbonyl (C=O) groups is 1. The Morgan fingerprint density at radius 1 is 1.07 bits per heavy atom. The van der Waals surface area contributed by atoms with E-state index in [4.69, 9.17) is 4.74 Å². The highest BCUT2D eigenvalue weighted by Gasteiger charge is 2.30. The fourth-order valence-electron chi connectivity index (χ4n) is 3.27. The number of nitrogens with zero attached hydrogens (tertiary/aromatic N) is 2. The molecule has 0 aliphatic carbocycles. The van der Waals surface area contributed by atoms with Gasteiger partial charge in [0, 0.05) is 38.4 Å². The van der Waals surface area contributed by atoms with Crippen LogP contribution in [0, 0.1) is 0 Å². The second kappa shape index (κ2) is 9.17. The molecule has 8 heteroatoms. The van der Waals surface area contributed by atoms with Crippen molar-refractivity contribution < 1.29 is 22.7 Å². The lowest BCUT2D eigenvalue weighted by Crippen LogP contribution is -2.49. The molecule has 1 saturated heterocycles. The van der Waals surface area contributed by atoms with Gasteiger partial charge in [0.05, 0.1) is 19.2 Å². The number of carbonyl (C=O) groups excluding carboxylic acids is 1. The number of halogens is 3. The van der Waals surface area contributed by atoms with Crippen LogP contribution in [0.15, 0.2) is 48.5 Å². The van der Waals surface area contributed by atoms with Gasteiger partial charge in [-0.25, -0.2) is 0 Å². The van der Waals surface area contributed by atoms with Gasteiger partial charge < -0.3 is 15.0 Å². The lowest BCUT2D eigenvalue weighted by Gasteiger charge is -2.35. The summed E-state index contributed by atoms with van der Waals surface area (Å²) in [5, 5.41) is 2.71. The molecule has 29 heavy (non-hydrogen) atoms. The van der Waals surface area contributed by atoms with E-state index in [1.54, 1.807) is 13.2 Å². The van der Waals surface area contributed by atoms with Gasteiger partial charge in [0.25, 0.3) is 0 Å². The number of rotatable bonds is 6. The number of methoxy groups -OCH3 is 1. The first-order valence-electron chi connectivity index (χ1n) is 9.39. The van der Waals surface area contributed by atoms with Crippen LogP contribution >= 0.6 is 0 Å². The molecular formula is C21H24F3N3O2. The van der Waals surface area contributed by atoms with E-state index in [0.29, 0.717) is 5.56 Å². The van der Waals surface area contributed by atoms with Crippen LogP contribution in [0.1, 0.15) is 11.1 Å². The number of anilines is 1. The third kappa shape index (κ3) is 5.87. The molecule has 1 aliphatic heterocycles. The van der Waals surface area contributed by atoms with E-state index in [1.807, 2.05) is 29.2 Å². The summed E-state index contributed by atoms with van der Waals surface area (Å²) < 4.78 is 43.5. The molecule has 1 amide bonds. The molecule has 1 fully saturated rings. The van der Waals surface area contributed by atoms with Crippen LogP contribution in [-0.2, 0) is 17.5 Å². The molecule has 0 spiro atoms. The van der Waals surface area contributed by atoms with E-state index in [1.165, 1.54) is 6.07 Å². The molecule has 1 aliphatic rings. The Hall–Kier alpha value is -2.74. The molecule has 3 rings (SSSR count). The van der Waals surface area contributed by atoms with Gasteiger partial charge in [0.1, 0.15) is 5.75 Å². The minimum atomic E-state index is -4.39. The average molecular weight is 407 g/mol. The number of hydrogen-bond acceptors (Lipinski definition) is 4. The lowest BCUT2D eigenvalue weighted by atomic mass is 10.1. The van der Waals surface area contributed by atoms with Crippen LogP contribution in [-0.4, -0.2) is 50.6 Å². The van der Waals surface area contributed by atoms with Gasteiger partial charge in [-0.15, -0.1) is 0 Å². The summed E-state index contributed by atoms with van der Waals surface area (Å²) in [7, 11) is 1.63. The van der Waals surface area contributed by atoms with Crippen molar-refractivity contribution >= 4 is 11.6 Å². The van der Waals surface area contributed by atoms with Crippen molar-refractivity contribution in [1.82, 2.24) is 10.2 Å². The molecule has 0 bridgehead atoms. The predicted molar refractivity (Wildman–Crippen MR) is 105 cm³/mol. The van der Waals surface area contributed by atoms with Crippen molar-refractivity contribution in [2.24, 2.45) is 0 Å². The summed E-state index contributed by atoms with van der Waals surface area (Å²) in [5.41, 5.74) is 0.829. The highest BCUT2D eigenvalue weighted by atomic mass is 19.4. The molecule has 0 unspecified atom stereocenters. The van der Waals surface area contributed by atoms with Crippen molar-refractivity contribution in [3.63, 3.8) is 0 Å². The largest absolute Gasteiger partial charge is 0.497 e. The van der Waals surface area contributed by atoms with Crippen LogP contribution in [0.2, 0.25) is 0 Å². The Balaban J connectivity index is 1.44. The summed E-state index contributed by atoms with van der Waals surface area (Å²) in [6.07, 6.45) is -4.39. The van der Waals surface area contributed by atoms with Gasteiger partial charge in [-0.05, 0) is 42.0 Å².